The van der Waals surface area contributed by atoms with E-state index >= 15 is 0 Å². The van der Waals surface area contributed by atoms with Crippen molar-refractivity contribution in [1.29, 1.82) is 0 Å². The molecule has 77 heavy (non-hydrogen) atoms. The number of hydrogen-bond acceptors (Lipinski definition) is 21. The summed E-state index contributed by atoms with van der Waals surface area (Å²) in [6.07, 6.45) is -22.3. The number of carbonyl (C=O) groups is 4. The number of benzene rings is 2. The molecule has 4 saturated heterocycles. The topological polar surface area (TPSA) is 426 Å². The number of hydrogen-bond donors (Lipinski definition) is 0. The quantitative estimate of drug-likeness (QED) is 0.0351. The molecule has 32 nitrogen and oxygen atoms in total. The lowest BCUT2D eigenvalue weighted by molar-refractivity contribution is -0.326. The summed E-state index contributed by atoms with van der Waals surface area (Å²) in [6, 6.07) is 15.6. The molecular weight excluding hydrogens is 1020 g/mol. The van der Waals surface area contributed by atoms with Gasteiger partial charge in [-0.3, -0.25) is 14.4 Å². The number of methoxy groups -OCH3 is 1. The highest BCUT2D eigenvalue weighted by atomic mass is 16.8. The van der Waals surface area contributed by atoms with Crippen LogP contribution < -0.4 is 0 Å². The van der Waals surface area contributed by atoms with Crippen molar-refractivity contribution in [3.8, 4) is 0 Å². The van der Waals surface area contributed by atoms with E-state index in [4.69, 9.17) is 56.8 Å². The Balaban J connectivity index is 1.34. The molecule has 0 spiro atoms. The van der Waals surface area contributed by atoms with E-state index in [0.29, 0.717) is 0 Å². The van der Waals surface area contributed by atoms with Gasteiger partial charge in [0.05, 0.1) is 31.3 Å². The molecular formula is C45H56N16O16. The first-order valence-electron chi connectivity index (χ1n) is 24.1. The third-order valence-electron chi connectivity index (χ3n) is 12.4. The number of azide groups is 5. The molecule has 0 saturated carbocycles. The molecule has 412 valence electrons. The van der Waals surface area contributed by atoms with Crippen LogP contribution in [0.4, 0.5) is 4.79 Å². The van der Waals surface area contributed by atoms with Gasteiger partial charge >= 0.3 is 24.0 Å². The van der Waals surface area contributed by atoms with Gasteiger partial charge in [0.2, 0.25) is 0 Å². The van der Waals surface area contributed by atoms with E-state index in [-0.39, 0.29) is 39.0 Å². The molecule has 1 amide bonds. The maximum atomic E-state index is 13.8. The minimum absolute atomic E-state index is 0.0178. The first-order valence-corrected chi connectivity index (χ1v) is 24.1. The molecule has 0 radical (unpaired) electrons. The van der Waals surface area contributed by atoms with Gasteiger partial charge in [0, 0.05) is 59.0 Å². The molecule has 0 aliphatic carbocycles. The molecule has 6 rings (SSSR count). The fraction of sp³-hybridized carbons (Fsp3) is 0.644. The summed E-state index contributed by atoms with van der Waals surface area (Å²) in [5.74, 6) is -2.63. The average molecular weight is 1080 g/mol. The van der Waals surface area contributed by atoms with Gasteiger partial charge in [0.1, 0.15) is 43.2 Å². The van der Waals surface area contributed by atoms with Crippen LogP contribution in [0.5, 0.6) is 0 Å². The molecule has 4 heterocycles. The maximum Gasteiger partial charge on any atom is 0.410 e. The monoisotopic (exact) mass is 1080 g/mol. The van der Waals surface area contributed by atoms with E-state index in [1.807, 2.05) is 60.7 Å². The summed E-state index contributed by atoms with van der Waals surface area (Å²) in [7, 11) is 1.22. The first kappa shape index (κ1) is 58.6. The van der Waals surface area contributed by atoms with Gasteiger partial charge in [-0.2, -0.15) is 0 Å². The van der Waals surface area contributed by atoms with Gasteiger partial charge in [-0.15, -0.1) is 0 Å². The Bertz CT molecular complexity index is 2580. The highest BCUT2D eigenvalue weighted by molar-refractivity contribution is 5.68. The second-order valence-corrected chi connectivity index (χ2v) is 17.5. The fourth-order valence-corrected chi connectivity index (χ4v) is 9.17. The molecule has 0 aromatic heterocycles. The summed E-state index contributed by atoms with van der Waals surface area (Å²) >= 11 is 0. The predicted octanol–water partition coefficient (Wildman–Crippen LogP) is 7.13. The molecule has 32 heteroatoms. The molecule has 4 aliphatic rings. The SMILES string of the molecule is CC[C@H]1O[C@@H](O[C@@H]2[C@@H](OC)[C@H](N=[N+]=[N-])O[C@H](N=[N+]=[N-])[C@H]2O[C@H]2O[C@H](CN(Cc3ccccc3)C(=O)OCc3ccccc3)CC[C@H]2N=[N+]=[N-])[C@H](OC(C)=O)[C@@H]1O[C@H]1O[C@@H](CN=[N+]=[N-])[C@@H](OC(C)=O)[C@H](OC(C)=O)[C@H]1N=[N+]=[N-]. The normalized spacial score (nSPS) is 31.4. The summed E-state index contributed by atoms with van der Waals surface area (Å²) in [4.78, 5) is 67.4. The fourth-order valence-electron chi connectivity index (χ4n) is 9.17. The number of amides is 1. The van der Waals surface area contributed by atoms with Crippen LogP contribution in [0.3, 0.4) is 0 Å². The minimum Gasteiger partial charge on any atom is -0.458 e. The Morgan fingerprint density at radius 1 is 0.597 bits per heavy atom. The van der Waals surface area contributed by atoms with Gasteiger partial charge in [-0.1, -0.05) is 93.2 Å². The van der Waals surface area contributed by atoms with Crippen molar-refractivity contribution in [3.63, 3.8) is 0 Å². The summed E-state index contributed by atoms with van der Waals surface area (Å²) in [5.41, 5.74) is 49.7. The summed E-state index contributed by atoms with van der Waals surface area (Å²) < 4.78 is 73.0. The van der Waals surface area contributed by atoms with E-state index in [9.17, 15) is 46.8 Å². The highest BCUT2D eigenvalue weighted by Gasteiger charge is 2.57. The Morgan fingerprint density at radius 3 is 1.77 bits per heavy atom. The van der Waals surface area contributed by atoms with Crippen molar-refractivity contribution in [3.05, 3.63) is 124 Å². The van der Waals surface area contributed by atoms with Gasteiger partial charge in [-0.05, 0) is 58.0 Å². The Labute approximate surface area is 438 Å². The van der Waals surface area contributed by atoms with Crippen molar-refractivity contribution in [2.45, 2.75) is 165 Å². The second kappa shape index (κ2) is 29.0. The first-order chi connectivity index (χ1) is 37.2. The van der Waals surface area contributed by atoms with Crippen LogP contribution in [-0.2, 0) is 84.4 Å². The zero-order valence-electron chi connectivity index (χ0n) is 42.2. The molecule has 4 fully saturated rings. The Kier molecular flexibility index (Phi) is 22.1. The van der Waals surface area contributed by atoms with E-state index in [0.717, 1.165) is 31.9 Å². The average Bonchev–Trinajstić information content (AvgIpc) is 3.74. The number of rotatable bonds is 23. The van der Waals surface area contributed by atoms with Crippen LogP contribution in [0.2, 0.25) is 0 Å². The van der Waals surface area contributed by atoms with Crippen LogP contribution in [0, 0.1) is 0 Å². The van der Waals surface area contributed by atoms with Crippen molar-refractivity contribution < 1.29 is 76.0 Å². The zero-order chi connectivity index (χ0) is 55.4. The second-order valence-electron chi connectivity index (χ2n) is 17.5. The predicted molar refractivity (Wildman–Crippen MR) is 258 cm³/mol. The van der Waals surface area contributed by atoms with E-state index in [1.54, 1.807) is 6.92 Å². The van der Waals surface area contributed by atoms with Crippen molar-refractivity contribution in [1.82, 2.24) is 4.90 Å². The van der Waals surface area contributed by atoms with Crippen LogP contribution in [0.25, 0.3) is 52.2 Å². The standard InChI is InChI=1S/C45H56N16O16/c1-6-30-33(74-43-32(53-58-48)35(69-24(3)63)34(68-23(2)62)31(73-43)19-51-56-46)39(70-25(4)64)44(72-30)75-36-37(66-5)40(54-59-49)77-41(55-60-50)38(36)76-42-29(52-57-47)18-17-28(71-42)21-61(20-26-13-9-7-10-14-26)45(65)67-22-27-15-11-8-12-16-27/h7-16,28-44H,6,17-22H2,1-5H3/t28-,29+,30+,31-,32+,33+,34+,35+,36+,37+,38-,39+,40+,41-,42+,43+,44-/m0/s1. The van der Waals surface area contributed by atoms with E-state index in [1.165, 1.54) is 12.0 Å². The lowest BCUT2D eigenvalue weighted by Gasteiger charge is -2.46. The molecule has 2 aromatic rings. The molecule has 0 bridgehead atoms. The Hall–Kier alpha value is -7.65. The number of nitrogens with zero attached hydrogens (tertiary/aromatic N) is 16. The molecule has 0 N–H and O–H groups in total. The molecule has 0 unspecified atom stereocenters. The molecule has 2 aromatic carbocycles. The minimum atomic E-state index is -1.72. The number of esters is 3. The van der Waals surface area contributed by atoms with Crippen molar-refractivity contribution >= 4 is 24.0 Å². The summed E-state index contributed by atoms with van der Waals surface area (Å²) in [6.45, 7) is 4.41. The third kappa shape index (κ3) is 15.7. The van der Waals surface area contributed by atoms with Gasteiger partial charge in [0.25, 0.3) is 0 Å². The maximum absolute atomic E-state index is 13.8. The van der Waals surface area contributed by atoms with Crippen LogP contribution in [0.15, 0.2) is 86.2 Å². The lowest BCUT2D eigenvalue weighted by Crippen LogP contribution is -2.62. The van der Waals surface area contributed by atoms with Crippen molar-refractivity contribution in [2.24, 2.45) is 25.6 Å². The van der Waals surface area contributed by atoms with Crippen LogP contribution in [0.1, 0.15) is 58.1 Å². The molecule has 17 atom stereocenters. The molecule has 4 aliphatic heterocycles. The van der Waals surface area contributed by atoms with E-state index < -0.39 is 135 Å². The van der Waals surface area contributed by atoms with Gasteiger partial charge < -0.3 is 61.7 Å². The smallest absolute Gasteiger partial charge is 0.410 e. The number of ether oxygens (including phenoxy) is 12. The lowest BCUT2D eigenvalue weighted by atomic mass is 9.96. The van der Waals surface area contributed by atoms with Crippen LogP contribution >= 0.6 is 0 Å². The van der Waals surface area contributed by atoms with Gasteiger partial charge in [-0.25, -0.2) is 4.79 Å². The largest absolute Gasteiger partial charge is 0.458 e. The Morgan fingerprint density at radius 2 is 1.17 bits per heavy atom. The number of carbonyl (C=O) groups excluding carboxylic acids is 4. The third-order valence-corrected chi connectivity index (χ3v) is 12.4. The van der Waals surface area contributed by atoms with Gasteiger partial charge in [0.15, 0.2) is 49.6 Å². The van der Waals surface area contributed by atoms with E-state index in [2.05, 4.69) is 50.1 Å². The zero-order valence-corrected chi connectivity index (χ0v) is 42.2. The van der Waals surface area contributed by atoms with Crippen molar-refractivity contribution in [2.75, 3.05) is 20.2 Å². The summed E-state index contributed by atoms with van der Waals surface area (Å²) in [5, 5.41) is 18.7. The highest BCUT2D eigenvalue weighted by Crippen LogP contribution is 2.40. The van der Waals surface area contributed by atoms with Crippen LogP contribution in [-0.4, -0.2) is 154 Å².